The molecular weight excluding hydrogens is 162 g/mol. The fourth-order valence-electron chi connectivity index (χ4n) is 0.962. The van der Waals surface area contributed by atoms with Crippen LogP contribution in [0.25, 0.3) is 11.0 Å². The van der Waals surface area contributed by atoms with E-state index in [0.717, 1.165) is 12.3 Å². The third-order valence-corrected chi connectivity index (χ3v) is 1.47. The molecule has 2 nitrogen and oxygen atoms in total. The van der Waals surface area contributed by atoms with E-state index >= 15 is 0 Å². The second kappa shape index (κ2) is 2.48. The second-order valence-corrected chi connectivity index (χ2v) is 2.33. The van der Waals surface area contributed by atoms with Crippen LogP contribution in [0.1, 0.15) is 0 Å². The number of benzene rings is 1. The topological polar surface area (TPSA) is 25.8 Å². The summed E-state index contributed by atoms with van der Waals surface area (Å²) < 4.78 is 25.1. The van der Waals surface area contributed by atoms with Crippen molar-refractivity contribution in [3.05, 3.63) is 36.2 Å². The zero-order valence-corrected chi connectivity index (χ0v) is 5.96. The molecule has 0 bridgehead atoms. The largest absolute Gasteiger partial charge is 0.250 e. The van der Waals surface area contributed by atoms with Crippen molar-refractivity contribution < 1.29 is 8.78 Å². The molecule has 0 radical (unpaired) electrons. The molecular formula is C8H4F2N2. The minimum absolute atomic E-state index is 0.231. The van der Waals surface area contributed by atoms with E-state index in [-0.39, 0.29) is 5.52 Å². The van der Waals surface area contributed by atoms with Gasteiger partial charge >= 0.3 is 0 Å². The summed E-state index contributed by atoms with van der Waals surface area (Å²) in [4.78, 5) is 7.18. The maximum absolute atomic E-state index is 12.6. The van der Waals surface area contributed by atoms with E-state index < -0.39 is 11.8 Å². The van der Waals surface area contributed by atoms with Crippen LogP contribution in [0.3, 0.4) is 0 Å². The minimum atomic E-state index is -0.701. The van der Waals surface area contributed by atoms with E-state index in [0.29, 0.717) is 5.52 Å². The zero-order valence-electron chi connectivity index (χ0n) is 5.96. The van der Waals surface area contributed by atoms with Crippen LogP contribution in [-0.4, -0.2) is 9.97 Å². The van der Waals surface area contributed by atoms with Crippen LogP contribution in [0.15, 0.2) is 24.4 Å². The highest BCUT2D eigenvalue weighted by atomic mass is 19.1. The SMILES string of the molecule is Fc1ccc2ncc(F)nc2c1. The highest BCUT2D eigenvalue weighted by Crippen LogP contribution is 2.10. The van der Waals surface area contributed by atoms with Crippen LogP contribution in [0, 0.1) is 11.8 Å². The first-order chi connectivity index (χ1) is 5.75. The first-order valence-corrected chi connectivity index (χ1v) is 3.33. The Morgan fingerprint density at radius 3 is 2.75 bits per heavy atom. The van der Waals surface area contributed by atoms with E-state index in [1.54, 1.807) is 0 Å². The van der Waals surface area contributed by atoms with Gasteiger partial charge < -0.3 is 0 Å². The van der Waals surface area contributed by atoms with Gasteiger partial charge in [0, 0.05) is 6.07 Å². The highest BCUT2D eigenvalue weighted by molar-refractivity contribution is 5.73. The third kappa shape index (κ3) is 1.11. The second-order valence-electron chi connectivity index (χ2n) is 2.33. The number of halogens is 2. The van der Waals surface area contributed by atoms with Crippen LogP contribution >= 0.6 is 0 Å². The van der Waals surface area contributed by atoms with E-state index in [2.05, 4.69) is 9.97 Å². The number of rotatable bonds is 0. The Labute approximate surface area is 66.9 Å². The molecule has 1 aromatic heterocycles. The Kier molecular flexibility index (Phi) is 1.46. The van der Waals surface area contributed by atoms with Crippen LogP contribution in [0.5, 0.6) is 0 Å². The maximum atomic E-state index is 12.6. The summed E-state index contributed by atoms with van der Waals surface area (Å²) in [5, 5.41) is 0. The van der Waals surface area contributed by atoms with Gasteiger partial charge in [-0.3, -0.25) is 0 Å². The van der Waals surface area contributed by atoms with Gasteiger partial charge in [-0.05, 0) is 12.1 Å². The minimum Gasteiger partial charge on any atom is -0.250 e. The molecule has 1 aromatic carbocycles. The van der Waals surface area contributed by atoms with Crippen molar-refractivity contribution in [2.24, 2.45) is 0 Å². The van der Waals surface area contributed by atoms with Crippen molar-refractivity contribution in [3.63, 3.8) is 0 Å². The lowest BCUT2D eigenvalue weighted by Crippen LogP contribution is -1.88. The van der Waals surface area contributed by atoms with Gasteiger partial charge in [0.2, 0.25) is 5.95 Å². The fraction of sp³-hybridized carbons (Fsp3) is 0. The van der Waals surface area contributed by atoms with Crippen LogP contribution in [0.4, 0.5) is 8.78 Å². The smallest absolute Gasteiger partial charge is 0.231 e. The Balaban J connectivity index is 2.80. The molecule has 0 saturated carbocycles. The third-order valence-electron chi connectivity index (χ3n) is 1.47. The predicted molar refractivity (Wildman–Crippen MR) is 39.5 cm³/mol. The van der Waals surface area contributed by atoms with Crippen molar-refractivity contribution in [2.45, 2.75) is 0 Å². The predicted octanol–water partition coefficient (Wildman–Crippen LogP) is 1.91. The summed E-state index contributed by atoms with van der Waals surface area (Å²) in [6.07, 6.45) is 1.00. The van der Waals surface area contributed by atoms with Gasteiger partial charge in [-0.2, -0.15) is 4.39 Å². The summed E-state index contributed by atoms with van der Waals surface area (Å²) in [6, 6.07) is 3.86. The number of nitrogens with zero attached hydrogens (tertiary/aromatic N) is 2. The van der Waals surface area contributed by atoms with Crippen LogP contribution in [-0.2, 0) is 0 Å². The average molecular weight is 166 g/mol. The van der Waals surface area contributed by atoms with Crippen molar-refractivity contribution in [2.75, 3.05) is 0 Å². The maximum Gasteiger partial charge on any atom is 0.231 e. The lowest BCUT2D eigenvalue weighted by Gasteiger charge is -1.94. The van der Waals surface area contributed by atoms with Crippen LogP contribution in [0.2, 0.25) is 0 Å². The summed E-state index contributed by atoms with van der Waals surface area (Å²) in [5.41, 5.74) is 0.716. The molecule has 0 amide bonds. The quantitative estimate of drug-likeness (QED) is 0.597. The molecule has 0 aliphatic rings. The van der Waals surface area contributed by atoms with Crippen molar-refractivity contribution in [1.82, 2.24) is 9.97 Å². The molecule has 2 aromatic rings. The van der Waals surface area contributed by atoms with Crippen molar-refractivity contribution in [1.29, 1.82) is 0 Å². The normalized spacial score (nSPS) is 10.5. The molecule has 12 heavy (non-hydrogen) atoms. The molecule has 0 unspecified atom stereocenters. The summed E-state index contributed by atoms with van der Waals surface area (Å²) in [6.45, 7) is 0. The lowest BCUT2D eigenvalue weighted by molar-refractivity contribution is 0.582. The highest BCUT2D eigenvalue weighted by Gasteiger charge is 1.99. The monoisotopic (exact) mass is 166 g/mol. The molecule has 4 heteroatoms. The van der Waals surface area contributed by atoms with Gasteiger partial charge in [0.25, 0.3) is 0 Å². The van der Waals surface area contributed by atoms with Crippen molar-refractivity contribution >= 4 is 11.0 Å². The lowest BCUT2D eigenvalue weighted by atomic mass is 10.3. The Bertz CT molecular complexity index is 392. The molecule has 0 fully saturated rings. The Hall–Kier alpha value is -1.58. The molecule has 2 rings (SSSR count). The molecule has 1 heterocycles. The number of fused-ring (bicyclic) bond motifs is 1. The Morgan fingerprint density at radius 1 is 1.08 bits per heavy atom. The molecule has 0 N–H and O–H groups in total. The average Bonchev–Trinajstić information content (AvgIpc) is 2.03. The van der Waals surface area contributed by atoms with Crippen LogP contribution < -0.4 is 0 Å². The fourth-order valence-corrected chi connectivity index (χ4v) is 0.962. The summed E-state index contributed by atoms with van der Waals surface area (Å²) in [5.74, 6) is -1.14. The first-order valence-electron chi connectivity index (χ1n) is 3.33. The van der Waals surface area contributed by atoms with Crippen molar-refractivity contribution in [3.8, 4) is 0 Å². The molecule has 0 aliphatic carbocycles. The summed E-state index contributed by atoms with van der Waals surface area (Å²) in [7, 11) is 0. The molecule has 0 spiro atoms. The number of hydrogen-bond acceptors (Lipinski definition) is 2. The number of aromatic nitrogens is 2. The van der Waals surface area contributed by atoms with E-state index in [4.69, 9.17) is 0 Å². The summed E-state index contributed by atoms with van der Waals surface area (Å²) >= 11 is 0. The standard InChI is InChI=1S/C8H4F2N2/c9-5-1-2-6-7(3-5)12-8(10)4-11-6/h1-4H. The van der Waals surface area contributed by atoms with E-state index in [9.17, 15) is 8.78 Å². The number of hydrogen-bond donors (Lipinski definition) is 0. The Morgan fingerprint density at radius 2 is 1.92 bits per heavy atom. The molecule has 60 valence electrons. The van der Waals surface area contributed by atoms with Gasteiger partial charge in [0.05, 0.1) is 17.2 Å². The molecule has 0 aliphatic heterocycles. The van der Waals surface area contributed by atoms with Gasteiger partial charge in [0.1, 0.15) is 5.82 Å². The first kappa shape index (κ1) is 7.09. The van der Waals surface area contributed by atoms with Gasteiger partial charge in [-0.25, -0.2) is 14.4 Å². The van der Waals surface area contributed by atoms with Gasteiger partial charge in [-0.1, -0.05) is 0 Å². The molecule has 0 saturated heterocycles. The van der Waals surface area contributed by atoms with Gasteiger partial charge in [-0.15, -0.1) is 0 Å². The van der Waals surface area contributed by atoms with E-state index in [1.165, 1.54) is 12.1 Å². The zero-order chi connectivity index (χ0) is 8.55. The van der Waals surface area contributed by atoms with Gasteiger partial charge in [0.15, 0.2) is 0 Å². The molecule has 0 atom stereocenters. The van der Waals surface area contributed by atoms with E-state index in [1.807, 2.05) is 0 Å².